The Balaban J connectivity index is 1.97. The maximum Gasteiger partial charge on any atom is 0.163 e. The molecule has 21 heavy (non-hydrogen) atoms. The second-order valence-electron chi connectivity index (χ2n) is 4.69. The van der Waals surface area contributed by atoms with E-state index in [1.807, 2.05) is 54.2 Å². The lowest BCUT2D eigenvalue weighted by Crippen LogP contribution is -1.98. The highest BCUT2D eigenvalue weighted by Gasteiger charge is 2.13. The van der Waals surface area contributed by atoms with Crippen LogP contribution < -0.4 is 0 Å². The van der Waals surface area contributed by atoms with E-state index in [0.29, 0.717) is 0 Å². The second-order valence-corrected chi connectivity index (χ2v) is 4.69. The van der Waals surface area contributed by atoms with E-state index in [0.717, 1.165) is 28.2 Å². The quantitative estimate of drug-likeness (QED) is 0.563. The molecule has 0 aliphatic rings. The van der Waals surface area contributed by atoms with Gasteiger partial charge in [0.2, 0.25) is 0 Å². The SMILES string of the molecule is Cn1nnc2c(-n3ccnc3-c3ccccn3)cccc21. The molecular formula is C15H12N6. The van der Waals surface area contributed by atoms with Crippen LogP contribution in [-0.2, 0) is 7.05 Å². The molecule has 6 nitrogen and oxygen atoms in total. The van der Waals surface area contributed by atoms with Crippen molar-refractivity contribution in [2.24, 2.45) is 7.05 Å². The van der Waals surface area contributed by atoms with Gasteiger partial charge in [0, 0.05) is 25.6 Å². The number of pyridine rings is 1. The van der Waals surface area contributed by atoms with E-state index in [1.165, 1.54) is 0 Å². The molecule has 4 rings (SSSR count). The summed E-state index contributed by atoms with van der Waals surface area (Å²) in [5, 5.41) is 8.34. The Labute approximate surface area is 120 Å². The van der Waals surface area contributed by atoms with Crippen molar-refractivity contribution in [2.45, 2.75) is 0 Å². The lowest BCUT2D eigenvalue weighted by Gasteiger charge is -2.07. The Morgan fingerprint density at radius 3 is 2.76 bits per heavy atom. The van der Waals surface area contributed by atoms with Gasteiger partial charge in [0.1, 0.15) is 11.2 Å². The number of benzene rings is 1. The van der Waals surface area contributed by atoms with Crippen molar-refractivity contribution >= 4 is 11.0 Å². The topological polar surface area (TPSA) is 61.4 Å². The summed E-state index contributed by atoms with van der Waals surface area (Å²) in [6, 6.07) is 11.8. The third-order valence-corrected chi connectivity index (χ3v) is 3.42. The van der Waals surface area contributed by atoms with Gasteiger partial charge in [0.15, 0.2) is 5.82 Å². The van der Waals surface area contributed by atoms with Gasteiger partial charge >= 0.3 is 0 Å². The molecule has 0 saturated heterocycles. The normalized spacial score (nSPS) is 11.1. The molecule has 1 aromatic carbocycles. The van der Waals surface area contributed by atoms with Crippen LogP contribution in [0.4, 0.5) is 0 Å². The minimum Gasteiger partial charge on any atom is -0.296 e. The van der Waals surface area contributed by atoms with Gasteiger partial charge in [-0.3, -0.25) is 9.55 Å². The number of hydrogen-bond donors (Lipinski definition) is 0. The first-order valence-electron chi connectivity index (χ1n) is 6.58. The molecule has 0 fully saturated rings. The smallest absolute Gasteiger partial charge is 0.163 e. The number of aromatic nitrogens is 6. The van der Waals surface area contributed by atoms with Crippen molar-refractivity contribution < 1.29 is 0 Å². The van der Waals surface area contributed by atoms with Crippen LogP contribution >= 0.6 is 0 Å². The van der Waals surface area contributed by atoms with E-state index in [1.54, 1.807) is 17.1 Å². The van der Waals surface area contributed by atoms with Crippen LogP contribution in [0.2, 0.25) is 0 Å². The van der Waals surface area contributed by atoms with Crippen LogP contribution in [0, 0.1) is 0 Å². The number of rotatable bonds is 2. The van der Waals surface area contributed by atoms with E-state index in [4.69, 9.17) is 0 Å². The molecule has 6 heteroatoms. The molecule has 4 aromatic rings. The molecule has 0 unspecified atom stereocenters. The third-order valence-electron chi connectivity index (χ3n) is 3.42. The molecule has 102 valence electrons. The number of aryl methyl sites for hydroxylation is 1. The van der Waals surface area contributed by atoms with Crippen molar-refractivity contribution in [1.82, 2.24) is 29.5 Å². The molecule has 0 aliphatic carbocycles. The fourth-order valence-corrected chi connectivity index (χ4v) is 2.42. The zero-order chi connectivity index (χ0) is 14.2. The van der Waals surface area contributed by atoms with E-state index in [-0.39, 0.29) is 0 Å². The Hall–Kier alpha value is -3.02. The van der Waals surface area contributed by atoms with Gasteiger partial charge in [-0.1, -0.05) is 17.3 Å². The molecular weight excluding hydrogens is 264 g/mol. The summed E-state index contributed by atoms with van der Waals surface area (Å²) in [6.07, 6.45) is 5.43. The fourth-order valence-electron chi connectivity index (χ4n) is 2.42. The zero-order valence-electron chi connectivity index (χ0n) is 11.4. The highest BCUT2D eigenvalue weighted by Crippen LogP contribution is 2.24. The lowest BCUT2D eigenvalue weighted by molar-refractivity contribution is 0.736. The monoisotopic (exact) mass is 276 g/mol. The minimum absolute atomic E-state index is 0.786. The second kappa shape index (κ2) is 4.52. The number of hydrogen-bond acceptors (Lipinski definition) is 4. The highest BCUT2D eigenvalue weighted by atomic mass is 15.4. The van der Waals surface area contributed by atoms with Crippen molar-refractivity contribution in [3.8, 4) is 17.2 Å². The summed E-state index contributed by atoms with van der Waals surface area (Å²) in [7, 11) is 1.88. The van der Waals surface area contributed by atoms with E-state index >= 15 is 0 Å². The van der Waals surface area contributed by atoms with Crippen LogP contribution in [0.1, 0.15) is 0 Å². The first kappa shape index (κ1) is 11.8. The largest absolute Gasteiger partial charge is 0.296 e. The van der Waals surface area contributed by atoms with Crippen LogP contribution in [0.3, 0.4) is 0 Å². The summed E-state index contributed by atoms with van der Waals surface area (Å²) in [5.41, 5.74) is 3.59. The first-order chi connectivity index (χ1) is 10.3. The fraction of sp³-hybridized carbons (Fsp3) is 0.0667. The van der Waals surface area contributed by atoms with Gasteiger partial charge in [-0.05, 0) is 24.3 Å². The number of nitrogens with zero attached hydrogens (tertiary/aromatic N) is 6. The Morgan fingerprint density at radius 2 is 1.90 bits per heavy atom. The van der Waals surface area contributed by atoms with Crippen LogP contribution in [0.5, 0.6) is 0 Å². The van der Waals surface area contributed by atoms with Gasteiger partial charge in [0.25, 0.3) is 0 Å². The first-order valence-corrected chi connectivity index (χ1v) is 6.58. The third kappa shape index (κ3) is 1.80. The molecule has 0 N–H and O–H groups in total. The van der Waals surface area contributed by atoms with Gasteiger partial charge in [-0.25, -0.2) is 9.67 Å². The molecule has 0 atom stereocenters. The van der Waals surface area contributed by atoms with E-state index in [9.17, 15) is 0 Å². The zero-order valence-corrected chi connectivity index (χ0v) is 11.4. The molecule has 0 radical (unpaired) electrons. The molecule has 0 bridgehead atoms. The number of fused-ring (bicyclic) bond motifs is 1. The van der Waals surface area contributed by atoms with E-state index in [2.05, 4.69) is 20.3 Å². The maximum atomic E-state index is 4.42. The van der Waals surface area contributed by atoms with E-state index < -0.39 is 0 Å². The maximum absolute atomic E-state index is 4.42. The molecule has 3 heterocycles. The molecule has 0 aliphatic heterocycles. The van der Waals surface area contributed by atoms with Crippen molar-refractivity contribution in [3.05, 3.63) is 55.0 Å². The van der Waals surface area contributed by atoms with Gasteiger partial charge in [-0.2, -0.15) is 0 Å². The average Bonchev–Trinajstić information content (AvgIpc) is 3.15. The molecule has 3 aromatic heterocycles. The average molecular weight is 276 g/mol. The van der Waals surface area contributed by atoms with Gasteiger partial charge in [0.05, 0.1) is 11.2 Å². The predicted octanol–water partition coefficient (Wildman–Crippen LogP) is 2.22. The Bertz CT molecular complexity index is 906. The lowest BCUT2D eigenvalue weighted by atomic mass is 10.2. The van der Waals surface area contributed by atoms with Crippen LogP contribution in [0.25, 0.3) is 28.2 Å². The van der Waals surface area contributed by atoms with Gasteiger partial charge < -0.3 is 0 Å². The molecule has 0 amide bonds. The van der Waals surface area contributed by atoms with Crippen molar-refractivity contribution in [1.29, 1.82) is 0 Å². The summed E-state index contributed by atoms with van der Waals surface area (Å²) < 4.78 is 3.75. The predicted molar refractivity (Wildman–Crippen MR) is 78.9 cm³/mol. The summed E-state index contributed by atoms with van der Waals surface area (Å²) in [5.74, 6) is 0.786. The number of imidazole rings is 1. The summed E-state index contributed by atoms with van der Waals surface area (Å²) >= 11 is 0. The summed E-state index contributed by atoms with van der Waals surface area (Å²) in [4.78, 5) is 8.79. The van der Waals surface area contributed by atoms with Crippen LogP contribution in [-0.4, -0.2) is 29.5 Å². The van der Waals surface area contributed by atoms with Crippen LogP contribution in [0.15, 0.2) is 55.0 Å². The highest BCUT2D eigenvalue weighted by molar-refractivity contribution is 5.84. The Kier molecular flexibility index (Phi) is 2.53. The minimum atomic E-state index is 0.786. The van der Waals surface area contributed by atoms with Gasteiger partial charge in [-0.15, -0.1) is 5.10 Å². The molecule has 0 spiro atoms. The van der Waals surface area contributed by atoms with Crippen molar-refractivity contribution in [2.75, 3.05) is 0 Å². The summed E-state index contributed by atoms with van der Waals surface area (Å²) in [6.45, 7) is 0. The Morgan fingerprint density at radius 1 is 0.952 bits per heavy atom. The molecule has 0 saturated carbocycles. The van der Waals surface area contributed by atoms with Crippen molar-refractivity contribution in [3.63, 3.8) is 0 Å². The standard InChI is InChI=1S/C15H12N6/c1-20-12-6-4-7-13(14(12)18-19-20)21-10-9-17-15(21)11-5-2-3-8-16-11/h2-10H,1H3.